The van der Waals surface area contributed by atoms with Gasteiger partial charge in [-0.2, -0.15) is 0 Å². The zero-order chi connectivity index (χ0) is 62.6. The van der Waals surface area contributed by atoms with Crippen molar-refractivity contribution in [3.63, 3.8) is 0 Å². The second-order valence-electron chi connectivity index (χ2n) is 26.2. The largest absolute Gasteiger partial charge is 0.458 e. The van der Waals surface area contributed by atoms with Crippen LogP contribution >= 0.6 is 23.5 Å². The van der Waals surface area contributed by atoms with Crippen LogP contribution in [0.15, 0.2) is 299 Å². The molecule has 0 spiro atoms. The third kappa shape index (κ3) is 8.48. The summed E-state index contributed by atoms with van der Waals surface area (Å²) < 4.78 is 28.2. The Kier molecular flexibility index (Phi) is 12.3. The standard InChI is InChI=1S/C84H58B2N2O4S2/c1-83(2)63-39-41-67-81(77(63)61-37-35-55(43-65(61)83)87(51-23-11-5-12-24-51)52-25-13-6-14-26-52)93-75-47-59(89-57-31-19-9-20-32-57)45-73-79(75)85(67)69-49-70-72(50-71(69)91-73)92-74-46-60(90-58-33-21-10-22-34-58)48-76-80(74)86(70)68-42-40-64-78(82(68)94-76)62-38-36-56(44-66(62)84(64,3)4)88(53-27-15-7-16-28-53)54-29-17-8-18-30-54/h5-50H,1-4H3. The van der Waals surface area contributed by atoms with E-state index < -0.39 is 0 Å². The lowest BCUT2D eigenvalue weighted by molar-refractivity contribution is 0.449. The highest BCUT2D eigenvalue weighted by Gasteiger charge is 2.49. The molecule has 0 radical (unpaired) electrons. The van der Waals surface area contributed by atoms with Crippen molar-refractivity contribution in [2.45, 2.75) is 58.1 Å². The van der Waals surface area contributed by atoms with Gasteiger partial charge < -0.3 is 28.7 Å². The molecule has 446 valence electrons. The molecular formula is C84H58B2N2O4S2. The van der Waals surface area contributed by atoms with Crippen molar-refractivity contribution >= 4 is 104 Å². The summed E-state index contributed by atoms with van der Waals surface area (Å²) >= 11 is 3.69. The summed E-state index contributed by atoms with van der Waals surface area (Å²) in [4.78, 5) is 9.49. The molecule has 0 saturated carbocycles. The van der Waals surface area contributed by atoms with Crippen LogP contribution in [-0.4, -0.2) is 13.4 Å². The maximum atomic E-state index is 7.34. The number of ether oxygens (including phenoxy) is 4. The maximum Gasteiger partial charge on any atom is 0.253 e. The molecule has 0 unspecified atom stereocenters. The van der Waals surface area contributed by atoms with Crippen LogP contribution in [0.4, 0.5) is 34.1 Å². The Morgan fingerprint density at radius 3 is 1.04 bits per heavy atom. The average molecular weight is 1250 g/mol. The van der Waals surface area contributed by atoms with E-state index in [2.05, 4.69) is 256 Å². The Morgan fingerprint density at radius 1 is 0.309 bits per heavy atom. The minimum absolute atomic E-state index is 0.183. The Labute approximate surface area is 556 Å². The SMILES string of the molecule is CC1(C)c2cc(N(c3ccccc3)c3ccccc3)ccc2-c2c1ccc1c2Sc2cc(Oc3ccccc3)cc3c2B1c1cc2c(cc1O3)Oc1cc(Oc3ccccc3)cc3c1B2c1ccc2c(c1S3)-c1ccc(N(c3ccccc3)c3ccccc3)cc1C2(C)C. The van der Waals surface area contributed by atoms with E-state index in [0.717, 1.165) is 100 Å². The van der Waals surface area contributed by atoms with Crippen LogP contribution in [0.3, 0.4) is 0 Å². The molecule has 0 saturated heterocycles. The molecule has 13 aromatic carbocycles. The van der Waals surface area contributed by atoms with Gasteiger partial charge >= 0.3 is 0 Å². The zero-order valence-electron chi connectivity index (χ0n) is 52.1. The third-order valence-corrected chi connectivity index (χ3v) is 22.5. The molecule has 0 amide bonds. The molecule has 6 aliphatic rings. The molecule has 0 bridgehead atoms. The second-order valence-corrected chi connectivity index (χ2v) is 28.3. The molecule has 2 aliphatic carbocycles. The normalized spacial score (nSPS) is 14.4. The van der Waals surface area contributed by atoms with Crippen molar-refractivity contribution in [1.82, 2.24) is 0 Å². The van der Waals surface area contributed by atoms with Gasteiger partial charge in [0.25, 0.3) is 13.4 Å². The van der Waals surface area contributed by atoms with Crippen LogP contribution in [0.25, 0.3) is 22.3 Å². The number of nitrogens with zero attached hydrogens (tertiary/aromatic N) is 2. The summed E-state index contributed by atoms with van der Waals surface area (Å²) in [7, 11) is 0. The average Bonchev–Trinajstić information content (AvgIpc) is 1.32. The fourth-order valence-corrected chi connectivity index (χ4v) is 18.5. The topological polar surface area (TPSA) is 43.4 Å². The van der Waals surface area contributed by atoms with Gasteiger partial charge in [0.15, 0.2) is 0 Å². The van der Waals surface area contributed by atoms with Gasteiger partial charge in [0, 0.05) is 82.7 Å². The summed E-state index contributed by atoms with van der Waals surface area (Å²) in [6.07, 6.45) is 0. The summed E-state index contributed by atoms with van der Waals surface area (Å²) in [6.45, 7) is 9.21. The predicted molar refractivity (Wildman–Crippen MR) is 387 cm³/mol. The van der Waals surface area contributed by atoms with Crippen molar-refractivity contribution in [1.29, 1.82) is 0 Å². The quantitative estimate of drug-likeness (QED) is 0.126. The third-order valence-electron chi connectivity index (χ3n) is 20.1. The van der Waals surface area contributed by atoms with Crippen LogP contribution in [0, 0.1) is 0 Å². The van der Waals surface area contributed by atoms with Crippen LogP contribution in [0.1, 0.15) is 49.9 Å². The van der Waals surface area contributed by atoms with E-state index in [1.165, 1.54) is 65.2 Å². The van der Waals surface area contributed by atoms with Crippen LogP contribution < -0.4 is 61.5 Å². The number of benzene rings is 13. The van der Waals surface area contributed by atoms with E-state index in [0.29, 0.717) is 11.5 Å². The molecule has 94 heavy (non-hydrogen) atoms. The highest BCUT2D eigenvalue weighted by atomic mass is 32.2. The lowest BCUT2D eigenvalue weighted by Crippen LogP contribution is -2.62. The number of rotatable bonds is 10. The minimum atomic E-state index is -0.310. The van der Waals surface area contributed by atoms with Crippen LogP contribution in [-0.2, 0) is 10.8 Å². The van der Waals surface area contributed by atoms with E-state index in [1.807, 2.05) is 84.2 Å². The summed E-state index contributed by atoms with van der Waals surface area (Å²) in [5, 5.41) is 0. The van der Waals surface area contributed by atoms with Crippen molar-refractivity contribution in [2.24, 2.45) is 0 Å². The molecule has 4 aliphatic heterocycles. The van der Waals surface area contributed by atoms with Crippen molar-refractivity contribution < 1.29 is 18.9 Å². The van der Waals surface area contributed by atoms with Crippen molar-refractivity contribution in [3.05, 3.63) is 301 Å². The van der Waals surface area contributed by atoms with Crippen LogP contribution in [0.5, 0.6) is 46.0 Å². The van der Waals surface area contributed by atoms with Gasteiger partial charge in [-0.25, -0.2) is 0 Å². The number of anilines is 6. The number of fused-ring (bicyclic) bond motifs is 16. The summed E-state index contributed by atoms with van der Waals surface area (Å²) in [5.41, 5.74) is 23.4. The Balaban J connectivity index is 0.792. The lowest BCUT2D eigenvalue weighted by atomic mass is 9.32. The van der Waals surface area contributed by atoms with Gasteiger partial charge in [-0.1, -0.05) is 214 Å². The number of hydrogen-bond donors (Lipinski definition) is 0. The lowest BCUT2D eigenvalue weighted by Gasteiger charge is -2.37. The first kappa shape index (κ1) is 55.2. The first-order chi connectivity index (χ1) is 46.1. The fraction of sp³-hybridized carbons (Fsp3) is 0.0714. The van der Waals surface area contributed by atoms with E-state index in [1.54, 1.807) is 0 Å². The smallest absolute Gasteiger partial charge is 0.253 e. The zero-order valence-corrected chi connectivity index (χ0v) is 53.7. The Morgan fingerprint density at radius 2 is 0.670 bits per heavy atom. The van der Waals surface area contributed by atoms with E-state index in [9.17, 15) is 0 Å². The molecular weight excluding hydrogens is 1190 g/mol. The Hall–Kier alpha value is -10.5. The van der Waals surface area contributed by atoms with Gasteiger partial charge in [-0.15, -0.1) is 0 Å². The number of hydrogen-bond acceptors (Lipinski definition) is 8. The summed E-state index contributed by atoms with van der Waals surface area (Å²) in [5.74, 6) is 6.03. The van der Waals surface area contributed by atoms with Gasteiger partial charge in [0.05, 0.1) is 0 Å². The highest BCUT2D eigenvalue weighted by molar-refractivity contribution is 8.00. The van der Waals surface area contributed by atoms with Gasteiger partial charge in [0.2, 0.25) is 0 Å². The van der Waals surface area contributed by atoms with Crippen molar-refractivity contribution in [3.8, 4) is 68.2 Å². The molecule has 0 atom stereocenters. The monoisotopic (exact) mass is 1240 g/mol. The number of para-hydroxylation sites is 6. The van der Waals surface area contributed by atoms with Gasteiger partial charge in [-0.05, 0) is 176 Å². The molecule has 0 N–H and O–H groups in total. The van der Waals surface area contributed by atoms with Crippen LogP contribution in [0.2, 0.25) is 0 Å². The highest BCUT2D eigenvalue weighted by Crippen LogP contribution is 2.58. The maximum absolute atomic E-state index is 7.34. The molecule has 10 heteroatoms. The van der Waals surface area contributed by atoms with Crippen molar-refractivity contribution in [2.75, 3.05) is 9.80 Å². The van der Waals surface area contributed by atoms with E-state index in [-0.39, 0.29) is 24.3 Å². The van der Waals surface area contributed by atoms with Gasteiger partial charge in [0.1, 0.15) is 46.0 Å². The first-order valence-corrected chi connectivity index (χ1v) is 33.9. The molecule has 4 heterocycles. The molecule has 0 fully saturated rings. The van der Waals surface area contributed by atoms with E-state index >= 15 is 0 Å². The fourth-order valence-electron chi connectivity index (χ4n) is 15.8. The molecule has 0 aromatic heterocycles. The van der Waals surface area contributed by atoms with Gasteiger partial charge in [-0.3, -0.25) is 0 Å². The first-order valence-electron chi connectivity index (χ1n) is 32.2. The molecule has 6 nitrogen and oxygen atoms in total. The Bertz CT molecular complexity index is 4880. The second kappa shape index (κ2) is 21.0. The molecule has 13 aromatic rings. The summed E-state index contributed by atoms with van der Waals surface area (Å²) in [6, 6.07) is 100. The predicted octanol–water partition coefficient (Wildman–Crippen LogP) is 19.0. The van der Waals surface area contributed by atoms with E-state index in [4.69, 9.17) is 18.9 Å². The molecule has 19 rings (SSSR count). The minimum Gasteiger partial charge on any atom is -0.458 e.